The summed E-state index contributed by atoms with van der Waals surface area (Å²) in [4.78, 5) is 2.55. The Kier molecular flexibility index (Phi) is 6.07. The number of benzene rings is 1. The number of piperazine rings is 1. The zero-order valence-electron chi connectivity index (χ0n) is 14.0. The molecule has 1 heterocycles. The van der Waals surface area contributed by atoms with Gasteiger partial charge in [0.1, 0.15) is 5.75 Å². The van der Waals surface area contributed by atoms with Crippen LogP contribution in [0.2, 0.25) is 0 Å². The number of methoxy groups -OCH3 is 1. The molecule has 0 amide bonds. The van der Waals surface area contributed by atoms with E-state index in [9.17, 15) is 0 Å². The van der Waals surface area contributed by atoms with E-state index in [0.717, 1.165) is 51.3 Å². The minimum Gasteiger partial charge on any atom is -0.496 e. The highest BCUT2D eigenvalue weighted by Crippen LogP contribution is 2.32. The van der Waals surface area contributed by atoms with E-state index in [0.29, 0.717) is 5.92 Å². The lowest BCUT2D eigenvalue weighted by Gasteiger charge is -2.28. The summed E-state index contributed by atoms with van der Waals surface area (Å²) < 4.78 is 5.77. The predicted molar refractivity (Wildman–Crippen MR) is 89.5 cm³/mol. The number of hydrogen-bond acceptors (Lipinski definition) is 3. The number of aryl methyl sites for hydroxylation is 1. The Balaban J connectivity index is 2.21. The summed E-state index contributed by atoms with van der Waals surface area (Å²) in [5.74, 6) is 1.67. The minimum absolute atomic E-state index is 0.544. The van der Waals surface area contributed by atoms with E-state index in [1.54, 1.807) is 0 Å². The van der Waals surface area contributed by atoms with Gasteiger partial charge >= 0.3 is 0 Å². The van der Waals surface area contributed by atoms with Crippen molar-refractivity contribution >= 4 is 0 Å². The van der Waals surface area contributed by atoms with Crippen LogP contribution < -0.4 is 10.1 Å². The van der Waals surface area contributed by atoms with Crippen molar-refractivity contribution in [2.75, 3.05) is 39.8 Å². The molecule has 1 aliphatic heterocycles. The molecular weight excluding hydrogens is 260 g/mol. The van der Waals surface area contributed by atoms with E-state index in [2.05, 4.69) is 43.1 Å². The lowest BCUT2D eigenvalue weighted by molar-refractivity contribution is 0.242. The fourth-order valence-corrected chi connectivity index (χ4v) is 3.23. The van der Waals surface area contributed by atoms with Crippen molar-refractivity contribution < 1.29 is 4.74 Å². The fraction of sp³-hybridized carbons (Fsp3) is 0.667. The second-order valence-corrected chi connectivity index (χ2v) is 6.18. The molecule has 1 fully saturated rings. The number of hydrogen-bond donors (Lipinski definition) is 1. The van der Waals surface area contributed by atoms with Crippen LogP contribution in [0.4, 0.5) is 0 Å². The molecule has 0 radical (unpaired) electrons. The monoisotopic (exact) mass is 290 g/mol. The lowest BCUT2D eigenvalue weighted by atomic mass is 9.91. The standard InChI is InChI=1S/C18H30N2O/c1-5-15-6-7-16(14(2)3)17(18(15)21-4)8-11-20-12-9-19-10-13-20/h6-7,14,19H,5,8-13H2,1-4H3. The smallest absolute Gasteiger partial charge is 0.125 e. The second-order valence-electron chi connectivity index (χ2n) is 6.18. The van der Waals surface area contributed by atoms with Gasteiger partial charge in [0.15, 0.2) is 0 Å². The van der Waals surface area contributed by atoms with Crippen LogP contribution in [0.25, 0.3) is 0 Å². The molecule has 0 saturated carbocycles. The molecule has 1 N–H and O–H groups in total. The summed E-state index contributed by atoms with van der Waals surface area (Å²) in [5.41, 5.74) is 4.20. The average Bonchev–Trinajstić information content (AvgIpc) is 2.52. The molecule has 3 heteroatoms. The first-order valence-electron chi connectivity index (χ1n) is 8.29. The Morgan fingerprint density at radius 2 is 1.95 bits per heavy atom. The molecule has 2 rings (SSSR count). The van der Waals surface area contributed by atoms with Crippen molar-refractivity contribution in [2.24, 2.45) is 0 Å². The number of ether oxygens (including phenoxy) is 1. The highest BCUT2D eigenvalue weighted by Gasteiger charge is 2.17. The van der Waals surface area contributed by atoms with Crippen LogP contribution >= 0.6 is 0 Å². The number of rotatable bonds is 6. The van der Waals surface area contributed by atoms with Crippen molar-refractivity contribution in [3.05, 3.63) is 28.8 Å². The average molecular weight is 290 g/mol. The summed E-state index contributed by atoms with van der Waals surface area (Å²) in [6.07, 6.45) is 2.12. The second kappa shape index (κ2) is 7.81. The van der Waals surface area contributed by atoms with Gasteiger partial charge in [0.25, 0.3) is 0 Å². The van der Waals surface area contributed by atoms with E-state index in [1.807, 2.05) is 7.11 Å². The summed E-state index contributed by atoms with van der Waals surface area (Å²) in [7, 11) is 1.81. The predicted octanol–water partition coefficient (Wildman–Crippen LogP) is 2.83. The van der Waals surface area contributed by atoms with Gasteiger partial charge in [-0.05, 0) is 35.4 Å². The van der Waals surface area contributed by atoms with Crippen LogP contribution in [0.3, 0.4) is 0 Å². The first-order chi connectivity index (χ1) is 10.2. The van der Waals surface area contributed by atoms with Crippen molar-refractivity contribution in [2.45, 2.75) is 39.5 Å². The van der Waals surface area contributed by atoms with Crippen LogP contribution in [-0.4, -0.2) is 44.7 Å². The molecule has 0 aliphatic carbocycles. The molecule has 1 saturated heterocycles. The molecule has 0 bridgehead atoms. The molecule has 0 atom stereocenters. The largest absolute Gasteiger partial charge is 0.496 e. The van der Waals surface area contributed by atoms with Crippen LogP contribution in [0.5, 0.6) is 5.75 Å². The van der Waals surface area contributed by atoms with E-state index < -0.39 is 0 Å². The third-order valence-electron chi connectivity index (χ3n) is 4.47. The van der Waals surface area contributed by atoms with Crippen LogP contribution in [0.15, 0.2) is 12.1 Å². The van der Waals surface area contributed by atoms with Crippen LogP contribution in [-0.2, 0) is 12.8 Å². The van der Waals surface area contributed by atoms with Gasteiger partial charge in [-0.25, -0.2) is 0 Å². The first-order valence-corrected chi connectivity index (χ1v) is 8.29. The normalized spacial score (nSPS) is 16.4. The Labute approximate surface area is 129 Å². The van der Waals surface area contributed by atoms with Crippen molar-refractivity contribution in [1.82, 2.24) is 10.2 Å². The minimum atomic E-state index is 0.544. The Hall–Kier alpha value is -1.06. The van der Waals surface area contributed by atoms with E-state index >= 15 is 0 Å². The van der Waals surface area contributed by atoms with Gasteiger partial charge < -0.3 is 15.0 Å². The number of nitrogens with one attached hydrogen (secondary N) is 1. The van der Waals surface area contributed by atoms with Gasteiger partial charge in [-0.1, -0.05) is 32.9 Å². The highest BCUT2D eigenvalue weighted by atomic mass is 16.5. The molecule has 0 unspecified atom stereocenters. The molecule has 21 heavy (non-hydrogen) atoms. The maximum atomic E-state index is 5.77. The Bertz CT molecular complexity index is 451. The maximum absolute atomic E-state index is 5.77. The summed E-state index contributed by atoms with van der Waals surface area (Å²) >= 11 is 0. The number of nitrogens with zero attached hydrogens (tertiary/aromatic N) is 1. The summed E-state index contributed by atoms with van der Waals surface area (Å²) in [5, 5.41) is 3.42. The van der Waals surface area contributed by atoms with E-state index in [-0.39, 0.29) is 0 Å². The topological polar surface area (TPSA) is 24.5 Å². The van der Waals surface area contributed by atoms with Crippen molar-refractivity contribution in [3.63, 3.8) is 0 Å². The van der Waals surface area contributed by atoms with Gasteiger partial charge in [0.05, 0.1) is 7.11 Å². The summed E-state index contributed by atoms with van der Waals surface area (Å²) in [6.45, 7) is 12.4. The molecule has 118 valence electrons. The molecule has 1 aromatic rings. The van der Waals surface area contributed by atoms with Crippen molar-refractivity contribution in [3.8, 4) is 5.75 Å². The summed E-state index contributed by atoms with van der Waals surface area (Å²) in [6, 6.07) is 4.54. The van der Waals surface area contributed by atoms with Crippen LogP contribution in [0, 0.1) is 0 Å². The van der Waals surface area contributed by atoms with E-state index in [1.165, 1.54) is 16.7 Å². The van der Waals surface area contributed by atoms with Crippen molar-refractivity contribution in [1.29, 1.82) is 0 Å². The van der Waals surface area contributed by atoms with Gasteiger partial charge in [0.2, 0.25) is 0 Å². The molecule has 0 aromatic heterocycles. The quantitative estimate of drug-likeness (QED) is 0.872. The van der Waals surface area contributed by atoms with Gasteiger partial charge in [-0.2, -0.15) is 0 Å². The SMILES string of the molecule is CCc1ccc(C(C)C)c(CCN2CCNCC2)c1OC. The zero-order valence-corrected chi connectivity index (χ0v) is 14.0. The van der Waals surface area contributed by atoms with E-state index in [4.69, 9.17) is 4.74 Å². The maximum Gasteiger partial charge on any atom is 0.125 e. The lowest BCUT2D eigenvalue weighted by Crippen LogP contribution is -2.44. The van der Waals surface area contributed by atoms with Gasteiger partial charge in [-0.15, -0.1) is 0 Å². The fourth-order valence-electron chi connectivity index (χ4n) is 3.23. The third-order valence-corrected chi connectivity index (χ3v) is 4.47. The Morgan fingerprint density at radius 3 is 2.52 bits per heavy atom. The molecular formula is C18H30N2O. The highest BCUT2D eigenvalue weighted by molar-refractivity contribution is 5.48. The first kappa shape index (κ1) is 16.3. The molecule has 0 spiro atoms. The van der Waals surface area contributed by atoms with Gasteiger partial charge in [0, 0.05) is 32.7 Å². The molecule has 1 aliphatic rings. The zero-order chi connectivity index (χ0) is 15.2. The Morgan fingerprint density at radius 1 is 1.24 bits per heavy atom. The molecule has 3 nitrogen and oxygen atoms in total. The van der Waals surface area contributed by atoms with Crippen LogP contribution in [0.1, 0.15) is 43.4 Å². The third kappa shape index (κ3) is 3.98. The molecule has 1 aromatic carbocycles. The van der Waals surface area contributed by atoms with Gasteiger partial charge in [-0.3, -0.25) is 0 Å².